The van der Waals surface area contributed by atoms with Gasteiger partial charge in [-0.15, -0.1) is 0 Å². The van der Waals surface area contributed by atoms with Gasteiger partial charge in [-0.25, -0.2) is 0 Å². The topological polar surface area (TPSA) is 38.3 Å². The summed E-state index contributed by atoms with van der Waals surface area (Å²) in [5.41, 5.74) is 1.98. The third kappa shape index (κ3) is 4.80. The molecule has 2 rings (SSSR count). The summed E-state index contributed by atoms with van der Waals surface area (Å²) in [6.45, 7) is 4.24. The van der Waals surface area contributed by atoms with E-state index in [-0.39, 0.29) is 5.91 Å². The van der Waals surface area contributed by atoms with Crippen molar-refractivity contribution in [1.29, 1.82) is 0 Å². The van der Waals surface area contributed by atoms with Gasteiger partial charge in [-0.2, -0.15) is 0 Å². The van der Waals surface area contributed by atoms with Crippen LogP contribution in [0.25, 0.3) is 0 Å². The van der Waals surface area contributed by atoms with Gasteiger partial charge in [0.05, 0.1) is 6.26 Å². The lowest BCUT2D eigenvalue weighted by Gasteiger charge is -2.08. The summed E-state index contributed by atoms with van der Waals surface area (Å²) in [5, 5.41) is 2.82. The molecule has 0 saturated heterocycles. The molecular formula is C18H19NO2. The second kappa shape index (κ2) is 7.29. The van der Waals surface area contributed by atoms with E-state index in [2.05, 4.69) is 25.2 Å². The second-order valence-corrected chi connectivity index (χ2v) is 5.00. The van der Waals surface area contributed by atoms with Crippen LogP contribution in [0.3, 0.4) is 0 Å². The summed E-state index contributed by atoms with van der Waals surface area (Å²) in [6.07, 6.45) is 2.76. The summed E-state index contributed by atoms with van der Waals surface area (Å²) in [4.78, 5) is 11.8. The normalized spacial score (nSPS) is 10.8. The highest BCUT2D eigenvalue weighted by Gasteiger charge is 2.02. The number of carbonyl (C=O) groups is 1. The minimum atomic E-state index is -0.216. The van der Waals surface area contributed by atoms with Gasteiger partial charge in [-0.1, -0.05) is 44.2 Å². The lowest BCUT2D eigenvalue weighted by atomic mass is 10.0. The van der Waals surface area contributed by atoms with Crippen molar-refractivity contribution in [2.24, 2.45) is 0 Å². The summed E-state index contributed by atoms with van der Waals surface area (Å²) in [7, 11) is 0. The minimum Gasteiger partial charge on any atom is -0.465 e. The van der Waals surface area contributed by atoms with Crippen molar-refractivity contribution in [2.45, 2.75) is 19.8 Å². The van der Waals surface area contributed by atoms with Gasteiger partial charge in [-0.05, 0) is 35.7 Å². The maximum atomic E-state index is 11.8. The van der Waals surface area contributed by atoms with E-state index >= 15 is 0 Å². The average molecular weight is 281 g/mol. The zero-order valence-electron chi connectivity index (χ0n) is 12.2. The van der Waals surface area contributed by atoms with Crippen LogP contribution >= 0.6 is 0 Å². The fraction of sp³-hybridized carbons (Fsp3) is 0.167. The van der Waals surface area contributed by atoms with Crippen LogP contribution in [-0.4, -0.2) is 5.91 Å². The van der Waals surface area contributed by atoms with Gasteiger partial charge in [0, 0.05) is 11.8 Å². The first-order chi connectivity index (χ1) is 10.1. The summed E-state index contributed by atoms with van der Waals surface area (Å²) < 4.78 is 5.33. The highest BCUT2D eigenvalue weighted by Crippen LogP contribution is 2.18. The molecule has 0 aliphatic heterocycles. The molecule has 0 heterocycles. The smallest absolute Gasteiger partial charge is 0.251 e. The van der Waals surface area contributed by atoms with Gasteiger partial charge in [-0.3, -0.25) is 4.79 Å². The van der Waals surface area contributed by atoms with E-state index in [1.54, 1.807) is 0 Å². The first-order valence-electron chi connectivity index (χ1n) is 6.94. The first kappa shape index (κ1) is 14.9. The van der Waals surface area contributed by atoms with Crippen molar-refractivity contribution in [3.63, 3.8) is 0 Å². The molecule has 1 N–H and O–H groups in total. The fourth-order valence-corrected chi connectivity index (χ4v) is 1.83. The SMILES string of the molecule is CC(C)c1cccc(NC(=O)C=COc2ccccc2)c1. The van der Waals surface area contributed by atoms with E-state index in [4.69, 9.17) is 4.74 Å². The average Bonchev–Trinajstić information content (AvgIpc) is 2.48. The Bertz CT molecular complexity index is 618. The number of nitrogens with one attached hydrogen (secondary N) is 1. The first-order valence-corrected chi connectivity index (χ1v) is 6.94. The molecule has 0 radical (unpaired) electrons. The Hall–Kier alpha value is -2.55. The molecule has 0 fully saturated rings. The Kier molecular flexibility index (Phi) is 5.16. The molecule has 0 atom stereocenters. The predicted octanol–water partition coefficient (Wildman–Crippen LogP) is 4.34. The molecule has 2 aromatic carbocycles. The number of amides is 1. The molecule has 0 aliphatic carbocycles. The summed E-state index contributed by atoms with van der Waals surface area (Å²) in [6, 6.07) is 17.2. The van der Waals surface area contributed by atoms with Crippen LogP contribution in [-0.2, 0) is 4.79 Å². The summed E-state index contributed by atoms with van der Waals surface area (Å²) >= 11 is 0. The quantitative estimate of drug-likeness (QED) is 0.654. The molecule has 0 spiro atoms. The van der Waals surface area contributed by atoms with E-state index in [0.717, 1.165) is 5.69 Å². The number of anilines is 1. The van der Waals surface area contributed by atoms with Gasteiger partial charge in [0.25, 0.3) is 5.91 Å². The molecular weight excluding hydrogens is 262 g/mol. The molecule has 1 amide bonds. The largest absolute Gasteiger partial charge is 0.465 e. The number of benzene rings is 2. The van der Waals surface area contributed by atoms with Crippen LogP contribution in [0.1, 0.15) is 25.3 Å². The Morgan fingerprint density at radius 3 is 2.57 bits per heavy atom. The molecule has 0 unspecified atom stereocenters. The van der Waals surface area contributed by atoms with Gasteiger partial charge in [0.2, 0.25) is 0 Å². The van der Waals surface area contributed by atoms with Gasteiger partial charge in [0.15, 0.2) is 0 Å². The van der Waals surface area contributed by atoms with Gasteiger partial charge < -0.3 is 10.1 Å². The fourth-order valence-electron chi connectivity index (χ4n) is 1.83. The van der Waals surface area contributed by atoms with E-state index in [1.807, 2.05) is 48.5 Å². The number of para-hydroxylation sites is 1. The molecule has 0 bridgehead atoms. The molecule has 0 saturated carbocycles. The number of carbonyl (C=O) groups excluding carboxylic acids is 1. The van der Waals surface area contributed by atoms with E-state index < -0.39 is 0 Å². The van der Waals surface area contributed by atoms with Crippen molar-refractivity contribution in [3.05, 3.63) is 72.5 Å². The predicted molar refractivity (Wildman–Crippen MR) is 85.4 cm³/mol. The number of hydrogen-bond donors (Lipinski definition) is 1. The maximum Gasteiger partial charge on any atom is 0.251 e. The Morgan fingerprint density at radius 2 is 1.86 bits per heavy atom. The van der Waals surface area contributed by atoms with E-state index in [1.165, 1.54) is 17.9 Å². The third-order valence-electron chi connectivity index (χ3n) is 2.99. The number of hydrogen-bond acceptors (Lipinski definition) is 2. The van der Waals surface area contributed by atoms with Crippen LogP contribution in [0.15, 0.2) is 66.9 Å². The molecule has 0 aromatic heterocycles. The Labute approximate surface area is 125 Å². The van der Waals surface area contributed by atoms with Crippen molar-refractivity contribution < 1.29 is 9.53 Å². The van der Waals surface area contributed by atoms with Gasteiger partial charge >= 0.3 is 0 Å². The molecule has 3 heteroatoms. The van der Waals surface area contributed by atoms with E-state index in [9.17, 15) is 4.79 Å². The third-order valence-corrected chi connectivity index (χ3v) is 2.99. The lowest BCUT2D eigenvalue weighted by molar-refractivity contribution is -0.112. The molecule has 3 nitrogen and oxygen atoms in total. The van der Waals surface area contributed by atoms with E-state index in [0.29, 0.717) is 11.7 Å². The summed E-state index contributed by atoms with van der Waals surface area (Å²) in [5.74, 6) is 0.911. The van der Waals surface area contributed by atoms with Crippen LogP contribution in [0.4, 0.5) is 5.69 Å². The Balaban J connectivity index is 1.91. The van der Waals surface area contributed by atoms with Crippen LogP contribution in [0.2, 0.25) is 0 Å². The maximum absolute atomic E-state index is 11.8. The zero-order chi connectivity index (χ0) is 15.1. The van der Waals surface area contributed by atoms with Crippen LogP contribution < -0.4 is 10.1 Å². The lowest BCUT2D eigenvalue weighted by Crippen LogP contribution is -2.08. The highest BCUT2D eigenvalue weighted by molar-refractivity contribution is 5.99. The number of ether oxygens (including phenoxy) is 1. The zero-order valence-corrected chi connectivity index (χ0v) is 12.2. The van der Waals surface area contributed by atoms with Crippen molar-refractivity contribution in [1.82, 2.24) is 0 Å². The van der Waals surface area contributed by atoms with Crippen molar-refractivity contribution in [2.75, 3.05) is 5.32 Å². The highest BCUT2D eigenvalue weighted by atomic mass is 16.5. The monoisotopic (exact) mass is 281 g/mol. The van der Waals surface area contributed by atoms with Crippen molar-refractivity contribution >= 4 is 11.6 Å². The second-order valence-electron chi connectivity index (χ2n) is 5.00. The molecule has 21 heavy (non-hydrogen) atoms. The molecule has 2 aromatic rings. The van der Waals surface area contributed by atoms with Crippen LogP contribution in [0, 0.1) is 0 Å². The van der Waals surface area contributed by atoms with Gasteiger partial charge in [0.1, 0.15) is 5.75 Å². The minimum absolute atomic E-state index is 0.216. The Morgan fingerprint density at radius 1 is 1.10 bits per heavy atom. The molecule has 0 aliphatic rings. The van der Waals surface area contributed by atoms with Crippen molar-refractivity contribution in [3.8, 4) is 5.75 Å². The van der Waals surface area contributed by atoms with Crippen LogP contribution in [0.5, 0.6) is 5.75 Å². The molecule has 108 valence electrons. The standard InChI is InChI=1S/C18H19NO2/c1-14(2)15-7-6-8-16(13-15)19-18(20)11-12-21-17-9-4-3-5-10-17/h3-14H,1-2H3,(H,19,20). The number of rotatable bonds is 5.